The van der Waals surface area contributed by atoms with Gasteiger partial charge in [0.25, 0.3) is 10.0 Å². The van der Waals surface area contributed by atoms with Crippen LogP contribution in [0.15, 0.2) is 35.2 Å². The number of anilines is 2. The van der Waals surface area contributed by atoms with Gasteiger partial charge in [-0.1, -0.05) is 13.0 Å². The monoisotopic (exact) mass is 424 g/mol. The molecule has 0 aliphatic carbocycles. The maximum Gasteiger partial charge on any atom is 0.262 e. The van der Waals surface area contributed by atoms with Gasteiger partial charge in [-0.3, -0.25) is 9.52 Å². The smallest absolute Gasteiger partial charge is 0.262 e. The molecule has 0 spiro atoms. The fourth-order valence-electron chi connectivity index (χ4n) is 2.56. The Bertz CT molecular complexity index is 965. The summed E-state index contributed by atoms with van der Waals surface area (Å²) in [6.45, 7) is 1.38. The zero-order valence-corrected chi connectivity index (χ0v) is 17.4. The first-order valence-electron chi connectivity index (χ1n) is 8.66. The Balaban J connectivity index is 2.43. The Hall–Kier alpha value is -2.98. The highest BCUT2D eigenvalue weighted by molar-refractivity contribution is 7.92. The van der Waals surface area contributed by atoms with Crippen molar-refractivity contribution >= 4 is 27.3 Å². The first-order chi connectivity index (χ1) is 13.8. The maximum absolute atomic E-state index is 12.9. The van der Waals surface area contributed by atoms with Crippen molar-refractivity contribution in [3.05, 3.63) is 35.9 Å². The number of aliphatic hydroxyl groups is 1. The van der Waals surface area contributed by atoms with Crippen LogP contribution in [0.2, 0.25) is 0 Å². The molecule has 0 saturated carbocycles. The SMILES string of the molecule is CCC(=O)Nc1cc(NS(=O)(=O)c2cc(OC)c(OC)c(OC)c2)ccc1CO. The summed E-state index contributed by atoms with van der Waals surface area (Å²) in [6, 6.07) is 7.08. The molecule has 9 nitrogen and oxygen atoms in total. The molecular formula is C19H24N2O7S. The Morgan fingerprint density at radius 3 is 2.14 bits per heavy atom. The zero-order valence-electron chi connectivity index (χ0n) is 16.6. The molecule has 10 heteroatoms. The van der Waals surface area contributed by atoms with Crippen LogP contribution in [-0.4, -0.2) is 40.8 Å². The number of carbonyl (C=O) groups is 1. The number of amides is 1. The molecule has 0 atom stereocenters. The quantitative estimate of drug-likeness (QED) is 0.565. The molecular weight excluding hydrogens is 400 g/mol. The summed E-state index contributed by atoms with van der Waals surface area (Å²) in [5.41, 5.74) is 0.995. The molecule has 2 aromatic carbocycles. The average Bonchev–Trinajstić information content (AvgIpc) is 2.72. The van der Waals surface area contributed by atoms with E-state index in [0.717, 1.165) is 0 Å². The summed E-state index contributed by atoms with van der Waals surface area (Å²) < 4.78 is 43.8. The van der Waals surface area contributed by atoms with E-state index in [2.05, 4.69) is 10.0 Å². The molecule has 0 fully saturated rings. The highest BCUT2D eigenvalue weighted by Crippen LogP contribution is 2.39. The van der Waals surface area contributed by atoms with Crippen molar-refractivity contribution in [3.63, 3.8) is 0 Å². The number of rotatable bonds is 9. The molecule has 2 rings (SSSR count). The molecule has 3 N–H and O–H groups in total. The minimum absolute atomic E-state index is 0.0996. The van der Waals surface area contributed by atoms with Gasteiger partial charge in [0.2, 0.25) is 11.7 Å². The van der Waals surface area contributed by atoms with Gasteiger partial charge in [0.05, 0.1) is 38.5 Å². The molecule has 158 valence electrons. The summed E-state index contributed by atoms with van der Waals surface area (Å²) in [6.07, 6.45) is 0.242. The van der Waals surface area contributed by atoms with E-state index < -0.39 is 10.0 Å². The van der Waals surface area contributed by atoms with Crippen LogP contribution >= 0.6 is 0 Å². The van der Waals surface area contributed by atoms with Gasteiger partial charge in [0.1, 0.15) is 0 Å². The van der Waals surface area contributed by atoms with Gasteiger partial charge in [-0.2, -0.15) is 0 Å². The molecule has 0 bridgehead atoms. The predicted molar refractivity (Wildman–Crippen MR) is 108 cm³/mol. The minimum atomic E-state index is -4.01. The Kier molecular flexibility index (Phi) is 7.29. The first-order valence-corrected chi connectivity index (χ1v) is 10.1. The number of sulfonamides is 1. The molecule has 1 amide bonds. The Labute approximate surface area is 169 Å². The number of ether oxygens (including phenoxy) is 3. The van der Waals surface area contributed by atoms with E-state index >= 15 is 0 Å². The van der Waals surface area contributed by atoms with Gasteiger partial charge >= 0.3 is 0 Å². The van der Waals surface area contributed by atoms with Crippen LogP contribution in [0.4, 0.5) is 11.4 Å². The lowest BCUT2D eigenvalue weighted by atomic mass is 10.1. The number of methoxy groups -OCH3 is 3. The Morgan fingerprint density at radius 2 is 1.66 bits per heavy atom. The van der Waals surface area contributed by atoms with Crippen molar-refractivity contribution in [1.29, 1.82) is 0 Å². The fourth-order valence-corrected chi connectivity index (χ4v) is 3.64. The normalized spacial score (nSPS) is 10.9. The predicted octanol–water partition coefficient (Wildman–Crippen LogP) is 2.35. The van der Waals surface area contributed by atoms with Gasteiger partial charge < -0.3 is 24.6 Å². The van der Waals surface area contributed by atoms with Gasteiger partial charge in [-0.05, 0) is 12.1 Å². The molecule has 0 radical (unpaired) electrons. The lowest BCUT2D eigenvalue weighted by Gasteiger charge is -2.16. The maximum atomic E-state index is 12.9. The second-order valence-electron chi connectivity index (χ2n) is 5.90. The van der Waals surface area contributed by atoms with Crippen LogP contribution in [0.5, 0.6) is 17.2 Å². The van der Waals surface area contributed by atoms with Crippen molar-refractivity contribution in [2.24, 2.45) is 0 Å². The fraction of sp³-hybridized carbons (Fsp3) is 0.316. The standard InChI is InChI=1S/C19H24N2O7S/c1-5-18(23)20-15-8-13(7-6-12(15)11-22)21-29(24,25)14-9-16(26-2)19(28-4)17(10-14)27-3/h6-10,21-22H,5,11H2,1-4H3,(H,20,23). The second-order valence-corrected chi connectivity index (χ2v) is 7.58. The Morgan fingerprint density at radius 1 is 1.03 bits per heavy atom. The highest BCUT2D eigenvalue weighted by atomic mass is 32.2. The summed E-state index contributed by atoms with van der Waals surface area (Å²) >= 11 is 0. The van der Waals surface area contributed by atoms with Gasteiger partial charge in [0.15, 0.2) is 11.5 Å². The topological polar surface area (TPSA) is 123 Å². The van der Waals surface area contributed by atoms with Crippen molar-refractivity contribution in [2.75, 3.05) is 31.4 Å². The first kappa shape index (κ1) is 22.3. The third-order valence-corrected chi connectivity index (χ3v) is 5.44. The molecule has 0 unspecified atom stereocenters. The van der Waals surface area contributed by atoms with Gasteiger partial charge in [-0.25, -0.2) is 8.42 Å². The number of aliphatic hydroxyl groups excluding tert-OH is 1. The van der Waals surface area contributed by atoms with Crippen molar-refractivity contribution in [2.45, 2.75) is 24.8 Å². The van der Waals surface area contributed by atoms with Crippen molar-refractivity contribution < 1.29 is 32.5 Å². The second kappa shape index (κ2) is 9.48. The summed E-state index contributed by atoms with van der Waals surface area (Å²) in [5.74, 6) is 0.396. The van der Waals surface area contributed by atoms with Crippen LogP contribution in [0.3, 0.4) is 0 Å². The average molecular weight is 424 g/mol. The summed E-state index contributed by atoms with van der Waals surface area (Å²) in [4.78, 5) is 11.6. The third kappa shape index (κ3) is 5.09. The lowest BCUT2D eigenvalue weighted by molar-refractivity contribution is -0.115. The highest BCUT2D eigenvalue weighted by Gasteiger charge is 2.22. The molecule has 2 aromatic rings. The summed E-state index contributed by atoms with van der Waals surface area (Å²) in [5, 5.41) is 12.1. The van der Waals surface area contributed by atoms with Gasteiger partial charge in [0, 0.05) is 29.8 Å². The van der Waals surface area contributed by atoms with Crippen molar-refractivity contribution in [1.82, 2.24) is 0 Å². The molecule has 29 heavy (non-hydrogen) atoms. The van der Waals surface area contributed by atoms with E-state index in [1.165, 1.54) is 51.7 Å². The van der Waals surface area contributed by atoms with E-state index in [-0.39, 0.29) is 46.8 Å². The largest absolute Gasteiger partial charge is 0.493 e. The van der Waals surface area contributed by atoms with Crippen LogP contribution in [-0.2, 0) is 21.4 Å². The van der Waals surface area contributed by atoms with Gasteiger partial charge in [-0.15, -0.1) is 0 Å². The van der Waals surface area contributed by atoms with E-state index in [4.69, 9.17) is 14.2 Å². The molecule has 0 aliphatic heterocycles. The van der Waals surface area contributed by atoms with Crippen LogP contribution < -0.4 is 24.2 Å². The number of hydrogen-bond acceptors (Lipinski definition) is 7. The van der Waals surface area contributed by atoms with Crippen LogP contribution in [0, 0.1) is 0 Å². The van der Waals surface area contributed by atoms with Crippen molar-refractivity contribution in [3.8, 4) is 17.2 Å². The third-order valence-electron chi connectivity index (χ3n) is 4.08. The lowest BCUT2D eigenvalue weighted by Crippen LogP contribution is -2.15. The molecule has 0 aromatic heterocycles. The number of benzene rings is 2. The number of carbonyl (C=O) groups excluding carboxylic acids is 1. The number of nitrogens with one attached hydrogen (secondary N) is 2. The molecule has 0 heterocycles. The van der Waals surface area contributed by atoms with E-state index in [0.29, 0.717) is 11.3 Å². The van der Waals surface area contributed by atoms with Crippen LogP contribution in [0.25, 0.3) is 0 Å². The number of hydrogen-bond donors (Lipinski definition) is 3. The van der Waals surface area contributed by atoms with E-state index in [9.17, 15) is 18.3 Å². The van der Waals surface area contributed by atoms with Crippen LogP contribution in [0.1, 0.15) is 18.9 Å². The minimum Gasteiger partial charge on any atom is -0.493 e. The zero-order chi connectivity index (χ0) is 21.6. The molecule has 0 aliphatic rings. The van der Waals surface area contributed by atoms with E-state index in [1.54, 1.807) is 6.92 Å². The van der Waals surface area contributed by atoms with E-state index in [1.807, 2.05) is 0 Å². The summed E-state index contributed by atoms with van der Waals surface area (Å²) in [7, 11) is 0.176. The molecule has 0 saturated heterocycles.